The highest BCUT2D eigenvalue weighted by Crippen LogP contribution is 2.35. The number of benzene rings is 2. The molecule has 176 valence electrons. The van der Waals surface area contributed by atoms with E-state index in [4.69, 9.17) is 29.2 Å². The summed E-state index contributed by atoms with van der Waals surface area (Å²) in [7, 11) is 0. The lowest BCUT2D eigenvalue weighted by Gasteiger charge is -2.25. The maximum Gasteiger partial charge on any atom is 0.412 e. The number of aliphatic hydroxyl groups is 1. The largest absolute Gasteiger partial charge is 0.491 e. The van der Waals surface area contributed by atoms with E-state index in [0.717, 1.165) is 11.6 Å². The molecule has 0 aromatic heterocycles. The van der Waals surface area contributed by atoms with Gasteiger partial charge in [0.2, 0.25) is 6.79 Å². The minimum atomic E-state index is -1.01. The SMILES string of the molecule is C[C@@H](CC/C=C/C(=O)O)[C@H](OC(=O)Nc1ccc2c(c1)OCO2)c1cccc(OCCO)c1. The lowest BCUT2D eigenvalue weighted by Crippen LogP contribution is -2.22. The second-order valence-corrected chi connectivity index (χ2v) is 7.46. The monoisotopic (exact) mass is 457 g/mol. The summed E-state index contributed by atoms with van der Waals surface area (Å²) in [4.78, 5) is 23.4. The van der Waals surface area contributed by atoms with E-state index < -0.39 is 18.2 Å². The van der Waals surface area contributed by atoms with Crippen LogP contribution in [0.15, 0.2) is 54.6 Å². The molecule has 33 heavy (non-hydrogen) atoms. The lowest BCUT2D eigenvalue weighted by atomic mass is 9.93. The summed E-state index contributed by atoms with van der Waals surface area (Å²) in [6, 6.07) is 12.2. The summed E-state index contributed by atoms with van der Waals surface area (Å²) in [5.74, 6) is 0.557. The number of rotatable bonds is 11. The number of carbonyl (C=O) groups excluding carboxylic acids is 1. The van der Waals surface area contributed by atoms with Crippen molar-refractivity contribution < 1.29 is 38.7 Å². The fraction of sp³-hybridized carbons (Fsp3) is 0.333. The number of carbonyl (C=O) groups is 2. The molecule has 1 aliphatic rings. The van der Waals surface area contributed by atoms with E-state index in [2.05, 4.69) is 5.32 Å². The Bertz CT molecular complexity index is 990. The smallest absolute Gasteiger partial charge is 0.412 e. The molecular formula is C24H27NO8. The van der Waals surface area contributed by atoms with Gasteiger partial charge in [-0.1, -0.05) is 25.1 Å². The number of carboxylic acid groups (broad SMARTS) is 1. The minimum Gasteiger partial charge on any atom is -0.491 e. The zero-order valence-corrected chi connectivity index (χ0v) is 18.2. The molecule has 1 amide bonds. The first-order valence-corrected chi connectivity index (χ1v) is 10.6. The molecule has 3 N–H and O–H groups in total. The van der Waals surface area contributed by atoms with Crippen LogP contribution in [0.1, 0.15) is 31.4 Å². The molecule has 1 heterocycles. The normalized spacial score (nSPS) is 14.0. The number of ether oxygens (including phenoxy) is 4. The number of amides is 1. The van der Waals surface area contributed by atoms with Crippen LogP contribution in [0.2, 0.25) is 0 Å². The highest BCUT2D eigenvalue weighted by atomic mass is 16.7. The van der Waals surface area contributed by atoms with Crippen molar-refractivity contribution in [3.63, 3.8) is 0 Å². The predicted molar refractivity (Wildman–Crippen MR) is 120 cm³/mol. The molecule has 0 saturated carbocycles. The van der Waals surface area contributed by atoms with E-state index >= 15 is 0 Å². The van der Waals surface area contributed by atoms with Gasteiger partial charge >= 0.3 is 12.1 Å². The van der Waals surface area contributed by atoms with Crippen molar-refractivity contribution in [1.82, 2.24) is 0 Å². The second-order valence-electron chi connectivity index (χ2n) is 7.46. The van der Waals surface area contributed by atoms with E-state index in [0.29, 0.717) is 35.8 Å². The van der Waals surface area contributed by atoms with Gasteiger partial charge in [-0.3, -0.25) is 5.32 Å². The van der Waals surface area contributed by atoms with Crippen LogP contribution in [0.4, 0.5) is 10.5 Å². The molecule has 0 aliphatic carbocycles. The van der Waals surface area contributed by atoms with Crippen molar-refractivity contribution in [2.45, 2.75) is 25.9 Å². The Hall–Kier alpha value is -3.72. The molecule has 2 aromatic carbocycles. The van der Waals surface area contributed by atoms with Gasteiger partial charge in [0.25, 0.3) is 0 Å². The van der Waals surface area contributed by atoms with Crippen LogP contribution >= 0.6 is 0 Å². The van der Waals surface area contributed by atoms with E-state index in [1.807, 2.05) is 13.0 Å². The molecule has 0 radical (unpaired) electrons. The molecule has 2 aromatic rings. The van der Waals surface area contributed by atoms with E-state index in [1.54, 1.807) is 42.5 Å². The standard InChI is InChI=1S/C24H27NO8/c1-16(5-2-3-8-22(27)28)23(17-6-4-7-19(13-17)30-12-11-26)33-24(29)25-18-9-10-20-21(14-18)32-15-31-20/h3-4,6-10,13-14,16,23,26H,2,5,11-12,15H2,1H3,(H,25,29)(H,27,28)/b8-3+/t16-,23-/m0/s1. The summed E-state index contributed by atoms with van der Waals surface area (Å²) < 4.78 is 21.9. The Kier molecular flexibility index (Phi) is 8.54. The quantitative estimate of drug-likeness (QED) is 0.430. The predicted octanol–water partition coefficient (Wildman–Crippen LogP) is 4.13. The van der Waals surface area contributed by atoms with Gasteiger partial charge in [0.05, 0.1) is 6.61 Å². The number of fused-ring (bicyclic) bond motifs is 1. The first-order valence-electron chi connectivity index (χ1n) is 10.6. The Labute approximate surface area is 191 Å². The summed E-state index contributed by atoms with van der Waals surface area (Å²) in [5, 5.41) is 20.5. The maximum atomic E-state index is 12.7. The number of hydrogen-bond acceptors (Lipinski definition) is 7. The summed E-state index contributed by atoms with van der Waals surface area (Å²) in [6.07, 6.45) is 2.51. The first-order chi connectivity index (χ1) is 16.0. The lowest BCUT2D eigenvalue weighted by molar-refractivity contribution is -0.131. The van der Waals surface area contributed by atoms with Crippen molar-refractivity contribution in [2.75, 3.05) is 25.3 Å². The van der Waals surface area contributed by atoms with Gasteiger partial charge < -0.3 is 29.2 Å². The molecular weight excluding hydrogens is 430 g/mol. The molecule has 0 fully saturated rings. The molecule has 3 rings (SSSR count). The molecule has 9 nitrogen and oxygen atoms in total. The molecule has 0 bridgehead atoms. The highest BCUT2D eigenvalue weighted by Gasteiger charge is 2.24. The van der Waals surface area contributed by atoms with Gasteiger partial charge in [-0.15, -0.1) is 0 Å². The minimum absolute atomic E-state index is 0.117. The molecule has 0 saturated heterocycles. The van der Waals surface area contributed by atoms with Crippen molar-refractivity contribution in [2.24, 2.45) is 5.92 Å². The van der Waals surface area contributed by atoms with E-state index in [-0.39, 0.29) is 25.9 Å². The van der Waals surface area contributed by atoms with Crippen LogP contribution in [0.5, 0.6) is 17.2 Å². The summed E-state index contributed by atoms with van der Waals surface area (Å²) in [6.45, 7) is 2.09. The number of hydrogen-bond donors (Lipinski definition) is 3. The van der Waals surface area contributed by atoms with Gasteiger partial charge in [-0.05, 0) is 48.6 Å². The number of allylic oxidation sites excluding steroid dienone is 1. The fourth-order valence-electron chi connectivity index (χ4n) is 3.39. The average Bonchev–Trinajstić information content (AvgIpc) is 3.27. The van der Waals surface area contributed by atoms with Crippen molar-refractivity contribution in [1.29, 1.82) is 0 Å². The van der Waals surface area contributed by atoms with Gasteiger partial charge in [0, 0.05) is 17.8 Å². The average molecular weight is 457 g/mol. The van der Waals surface area contributed by atoms with Gasteiger partial charge in [-0.2, -0.15) is 0 Å². The van der Waals surface area contributed by atoms with E-state index in [9.17, 15) is 9.59 Å². The highest BCUT2D eigenvalue weighted by molar-refractivity contribution is 5.85. The number of anilines is 1. The third-order valence-electron chi connectivity index (χ3n) is 4.97. The van der Waals surface area contributed by atoms with Crippen molar-refractivity contribution in [3.05, 3.63) is 60.2 Å². The molecule has 0 unspecified atom stereocenters. The van der Waals surface area contributed by atoms with Crippen LogP contribution in [0, 0.1) is 5.92 Å². The Morgan fingerprint density at radius 1 is 1.18 bits per heavy atom. The molecule has 2 atom stereocenters. The Morgan fingerprint density at radius 3 is 2.79 bits per heavy atom. The van der Waals surface area contributed by atoms with Crippen LogP contribution < -0.4 is 19.5 Å². The zero-order valence-electron chi connectivity index (χ0n) is 18.2. The van der Waals surface area contributed by atoms with Crippen LogP contribution in [0.3, 0.4) is 0 Å². The Morgan fingerprint density at radius 2 is 2.00 bits per heavy atom. The first kappa shape index (κ1) is 23.9. The van der Waals surface area contributed by atoms with Gasteiger partial charge in [0.1, 0.15) is 18.5 Å². The third-order valence-corrected chi connectivity index (χ3v) is 4.97. The van der Waals surface area contributed by atoms with Gasteiger partial charge in [-0.25, -0.2) is 9.59 Å². The topological polar surface area (TPSA) is 124 Å². The maximum absolute atomic E-state index is 12.7. The van der Waals surface area contributed by atoms with Crippen LogP contribution in [0.25, 0.3) is 0 Å². The summed E-state index contributed by atoms with van der Waals surface area (Å²) in [5.41, 5.74) is 1.22. The second kappa shape index (κ2) is 11.8. The van der Waals surface area contributed by atoms with Gasteiger partial charge in [0.15, 0.2) is 11.5 Å². The molecule has 1 aliphatic heterocycles. The molecule has 0 spiro atoms. The Balaban J connectivity index is 1.72. The third kappa shape index (κ3) is 7.15. The van der Waals surface area contributed by atoms with Crippen LogP contribution in [-0.2, 0) is 9.53 Å². The van der Waals surface area contributed by atoms with Crippen molar-refractivity contribution >= 4 is 17.7 Å². The number of nitrogens with one attached hydrogen (secondary N) is 1. The van der Waals surface area contributed by atoms with Crippen molar-refractivity contribution in [3.8, 4) is 17.2 Å². The molecule has 9 heteroatoms. The van der Waals surface area contributed by atoms with E-state index in [1.165, 1.54) is 0 Å². The summed E-state index contributed by atoms with van der Waals surface area (Å²) >= 11 is 0. The fourth-order valence-corrected chi connectivity index (χ4v) is 3.39. The number of carboxylic acids is 1. The number of aliphatic hydroxyl groups excluding tert-OH is 1. The van der Waals surface area contributed by atoms with Crippen LogP contribution in [-0.4, -0.2) is 42.3 Å². The zero-order chi connectivity index (χ0) is 23.6. The number of aliphatic carboxylic acids is 1.